The van der Waals surface area contributed by atoms with Gasteiger partial charge in [-0.25, -0.2) is 5.48 Å². The van der Waals surface area contributed by atoms with Gasteiger partial charge in [0.15, 0.2) is 0 Å². The molecule has 1 saturated heterocycles. The molecule has 0 aromatic carbocycles. The van der Waals surface area contributed by atoms with Crippen molar-refractivity contribution in [1.29, 1.82) is 0 Å². The Balaban J connectivity index is 2.47. The summed E-state index contributed by atoms with van der Waals surface area (Å²) < 4.78 is 0. The number of amides is 1. The van der Waals surface area contributed by atoms with Gasteiger partial charge < -0.3 is 5.32 Å². The van der Waals surface area contributed by atoms with Crippen molar-refractivity contribution < 1.29 is 10.0 Å². The third-order valence-electron chi connectivity index (χ3n) is 2.21. The van der Waals surface area contributed by atoms with E-state index in [1.807, 2.05) is 6.92 Å². The summed E-state index contributed by atoms with van der Waals surface area (Å²) in [5.41, 5.74) is 1.69. The van der Waals surface area contributed by atoms with E-state index < -0.39 is 0 Å². The van der Waals surface area contributed by atoms with Crippen LogP contribution in [0.1, 0.15) is 19.8 Å². The molecule has 64 valence electrons. The molecule has 1 rings (SSSR count). The first-order valence-corrected chi connectivity index (χ1v) is 3.93. The van der Waals surface area contributed by atoms with Gasteiger partial charge in [0.1, 0.15) is 0 Å². The van der Waals surface area contributed by atoms with Crippen molar-refractivity contribution in [2.45, 2.75) is 25.8 Å². The first-order valence-electron chi connectivity index (χ1n) is 3.93. The summed E-state index contributed by atoms with van der Waals surface area (Å²) >= 11 is 0. The van der Waals surface area contributed by atoms with Gasteiger partial charge in [-0.15, -0.1) is 0 Å². The highest BCUT2D eigenvalue weighted by molar-refractivity contribution is 5.78. The molecular weight excluding hydrogens is 144 g/mol. The fraction of sp³-hybridized carbons (Fsp3) is 0.857. The van der Waals surface area contributed by atoms with Crippen LogP contribution in [0, 0.1) is 5.92 Å². The van der Waals surface area contributed by atoms with E-state index >= 15 is 0 Å². The Kier molecular flexibility index (Phi) is 2.84. The van der Waals surface area contributed by atoms with Gasteiger partial charge >= 0.3 is 0 Å². The lowest BCUT2D eigenvalue weighted by Crippen LogP contribution is -2.46. The second-order valence-corrected chi connectivity index (χ2v) is 2.97. The van der Waals surface area contributed by atoms with E-state index in [4.69, 9.17) is 5.21 Å². The zero-order chi connectivity index (χ0) is 8.27. The maximum atomic E-state index is 11.0. The summed E-state index contributed by atoms with van der Waals surface area (Å²) in [6.07, 6.45) is 1.86. The fourth-order valence-electron chi connectivity index (χ4n) is 1.49. The van der Waals surface area contributed by atoms with Gasteiger partial charge in [0, 0.05) is 6.04 Å². The van der Waals surface area contributed by atoms with Gasteiger partial charge in [-0.3, -0.25) is 10.0 Å². The maximum Gasteiger partial charge on any atom is 0.248 e. The maximum absolute atomic E-state index is 11.0. The van der Waals surface area contributed by atoms with Crippen molar-refractivity contribution >= 4 is 5.91 Å². The van der Waals surface area contributed by atoms with Gasteiger partial charge in [-0.05, 0) is 26.3 Å². The molecule has 2 unspecified atom stereocenters. The number of hydroxylamine groups is 1. The molecule has 0 bridgehead atoms. The van der Waals surface area contributed by atoms with Crippen LogP contribution in [0.5, 0.6) is 0 Å². The lowest BCUT2D eigenvalue weighted by atomic mass is 9.91. The SMILES string of the molecule is CC1NCCCC1C(=O)NO. The molecule has 0 aliphatic carbocycles. The summed E-state index contributed by atoms with van der Waals surface area (Å²) in [5, 5.41) is 11.6. The second-order valence-electron chi connectivity index (χ2n) is 2.97. The number of carbonyl (C=O) groups excluding carboxylic acids is 1. The standard InChI is InChI=1S/C7H14N2O2/c1-5-6(7(10)9-11)3-2-4-8-5/h5-6,8,11H,2-4H2,1H3,(H,9,10). The van der Waals surface area contributed by atoms with Crippen LogP contribution in [-0.4, -0.2) is 23.7 Å². The number of nitrogens with one attached hydrogen (secondary N) is 2. The number of rotatable bonds is 1. The second kappa shape index (κ2) is 3.69. The van der Waals surface area contributed by atoms with Crippen LogP contribution in [-0.2, 0) is 4.79 Å². The monoisotopic (exact) mass is 158 g/mol. The van der Waals surface area contributed by atoms with Crippen molar-refractivity contribution in [3.8, 4) is 0 Å². The summed E-state index contributed by atoms with van der Waals surface area (Å²) in [6, 6.07) is 0.177. The van der Waals surface area contributed by atoms with Gasteiger partial charge in [0.2, 0.25) is 5.91 Å². The zero-order valence-electron chi connectivity index (χ0n) is 6.63. The Morgan fingerprint density at radius 1 is 1.73 bits per heavy atom. The van der Waals surface area contributed by atoms with Crippen LogP contribution in [0.4, 0.5) is 0 Å². The lowest BCUT2D eigenvalue weighted by Gasteiger charge is -2.27. The van der Waals surface area contributed by atoms with Crippen LogP contribution in [0.2, 0.25) is 0 Å². The van der Waals surface area contributed by atoms with Crippen molar-refractivity contribution in [3.05, 3.63) is 0 Å². The number of hydrogen-bond acceptors (Lipinski definition) is 3. The molecule has 0 spiro atoms. The molecule has 1 fully saturated rings. The molecule has 0 saturated carbocycles. The van der Waals surface area contributed by atoms with E-state index in [1.54, 1.807) is 5.48 Å². The molecule has 1 aliphatic rings. The van der Waals surface area contributed by atoms with E-state index in [9.17, 15) is 4.79 Å². The predicted octanol–water partition coefficient (Wildman–Crippen LogP) is -0.120. The Hall–Kier alpha value is -0.610. The highest BCUT2D eigenvalue weighted by Crippen LogP contribution is 2.15. The van der Waals surface area contributed by atoms with Crippen molar-refractivity contribution in [1.82, 2.24) is 10.8 Å². The third-order valence-corrected chi connectivity index (χ3v) is 2.21. The van der Waals surface area contributed by atoms with Crippen molar-refractivity contribution in [2.24, 2.45) is 5.92 Å². The Bertz CT molecular complexity index is 149. The summed E-state index contributed by atoms with van der Waals surface area (Å²) in [4.78, 5) is 11.0. The molecular formula is C7H14N2O2. The van der Waals surface area contributed by atoms with E-state index in [2.05, 4.69) is 5.32 Å². The molecule has 2 atom stereocenters. The van der Waals surface area contributed by atoms with Gasteiger partial charge in [0.25, 0.3) is 0 Å². The molecule has 4 nitrogen and oxygen atoms in total. The molecule has 0 aromatic rings. The molecule has 3 N–H and O–H groups in total. The van der Waals surface area contributed by atoms with Crippen molar-refractivity contribution in [2.75, 3.05) is 6.54 Å². The van der Waals surface area contributed by atoms with Crippen LogP contribution in [0.15, 0.2) is 0 Å². The van der Waals surface area contributed by atoms with Gasteiger partial charge in [0.05, 0.1) is 5.92 Å². The number of carbonyl (C=O) groups is 1. The van der Waals surface area contributed by atoms with Crippen LogP contribution in [0.25, 0.3) is 0 Å². The Morgan fingerprint density at radius 2 is 2.45 bits per heavy atom. The topological polar surface area (TPSA) is 61.4 Å². The minimum absolute atomic E-state index is 0.0752. The van der Waals surface area contributed by atoms with E-state index in [0.29, 0.717) is 0 Å². The van der Waals surface area contributed by atoms with Gasteiger partial charge in [-0.2, -0.15) is 0 Å². The quantitative estimate of drug-likeness (QED) is 0.368. The zero-order valence-corrected chi connectivity index (χ0v) is 6.63. The van der Waals surface area contributed by atoms with Gasteiger partial charge in [-0.1, -0.05) is 0 Å². The third kappa shape index (κ3) is 1.91. The first-order chi connectivity index (χ1) is 5.25. The van der Waals surface area contributed by atoms with Crippen molar-refractivity contribution in [3.63, 3.8) is 0 Å². The first kappa shape index (κ1) is 8.49. The molecule has 0 aromatic heterocycles. The summed E-state index contributed by atoms with van der Waals surface area (Å²) in [5.74, 6) is -0.349. The highest BCUT2D eigenvalue weighted by atomic mass is 16.5. The lowest BCUT2D eigenvalue weighted by molar-refractivity contribution is -0.135. The molecule has 1 heterocycles. The molecule has 1 amide bonds. The van der Waals surface area contributed by atoms with Crippen LogP contribution in [0.3, 0.4) is 0 Å². The number of piperidine rings is 1. The van der Waals surface area contributed by atoms with Crippen LogP contribution < -0.4 is 10.8 Å². The highest BCUT2D eigenvalue weighted by Gasteiger charge is 2.26. The predicted molar refractivity (Wildman–Crippen MR) is 40.1 cm³/mol. The van der Waals surface area contributed by atoms with E-state index in [-0.39, 0.29) is 17.9 Å². The average Bonchev–Trinajstić information content (AvgIpc) is 2.04. The Labute approximate surface area is 65.9 Å². The normalized spacial score (nSPS) is 31.5. The number of hydrogen-bond donors (Lipinski definition) is 3. The smallest absolute Gasteiger partial charge is 0.248 e. The largest absolute Gasteiger partial charge is 0.313 e. The van der Waals surface area contributed by atoms with Crippen LogP contribution >= 0.6 is 0 Å². The molecule has 4 heteroatoms. The van der Waals surface area contributed by atoms with E-state index in [1.165, 1.54) is 0 Å². The Morgan fingerprint density at radius 3 is 3.00 bits per heavy atom. The minimum atomic E-state index is -0.273. The fourth-order valence-corrected chi connectivity index (χ4v) is 1.49. The average molecular weight is 158 g/mol. The molecule has 1 aliphatic heterocycles. The van der Waals surface area contributed by atoms with E-state index in [0.717, 1.165) is 19.4 Å². The molecule has 0 radical (unpaired) electrons. The minimum Gasteiger partial charge on any atom is -0.313 e. The molecule has 11 heavy (non-hydrogen) atoms. The summed E-state index contributed by atoms with van der Waals surface area (Å²) in [7, 11) is 0. The summed E-state index contributed by atoms with van der Waals surface area (Å²) in [6.45, 7) is 2.93.